The maximum atomic E-state index is 11.9. The van der Waals surface area contributed by atoms with E-state index in [1.54, 1.807) is 6.92 Å². The summed E-state index contributed by atoms with van der Waals surface area (Å²) in [6.07, 6.45) is 2.56. The third-order valence-corrected chi connectivity index (χ3v) is 4.62. The highest BCUT2D eigenvalue weighted by molar-refractivity contribution is 7.90. The minimum absolute atomic E-state index is 0.134. The van der Waals surface area contributed by atoms with E-state index in [0.717, 1.165) is 12.8 Å². The Morgan fingerprint density at radius 2 is 2.05 bits per heavy atom. The van der Waals surface area contributed by atoms with E-state index in [2.05, 4.69) is 22.5 Å². The van der Waals surface area contributed by atoms with E-state index in [1.165, 1.54) is 0 Å². The summed E-state index contributed by atoms with van der Waals surface area (Å²) in [5.41, 5.74) is -1.07. The third-order valence-electron chi connectivity index (χ3n) is 3.31. The summed E-state index contributed by atoms with van der Waals surface area (Å²) in [6.45, 7) is 3.82. The quantitative estimate of drug-likeness (QED) is 0.759. The van der Waals surface area contributed by atoms with Gasteiger partial charge >= 0.3 is 5.97 Å². The van der Waals surface area contributed by atoms with Gasteiger partial charge in [0.15, 0.2) is 5.75 Å². The molecular formula is C12H20N2O4S. The zero-order chi connectivity index (χ0) is 14.5. The Bertz CT molecular complexity index is 459. The van der Waals surface area contributed by atoms with Crippen LogP contribution in [0.2, 0.25) is 0 Å². The number of sulfonamides is 1. The molecule has 0 aliphatic heterocycles. The summed E-state index contributed by atoms with van der Waals surface area (Å²) < 4.78 is 30.7. The number of nitrogens with one attached hydrogen (secondary N) is 1. The van der Waals surface area contributed by atoms with Crippen LogP contribution in [-0.2, 0) is 19.6 Å². The Hall–Kier alpha value is -1.13. The molecule has 0 spiro atoms. The van der Waals surface area contributed by atoms with E-state index >= 15 is 0 Å². The summed E-state index contributed by atoms with van der Waals surface area (Å²) >= 11 is 0. The topological polar surface area (TPSA) is 96.3 Å². The second-order valence-corrected chi connectivity index (χ2v) is 6.76. The maximum Gasteiger partial charge on any atom is 0.322 e. The Morgan fingerprint density at radius 3 is 2.53 bits per heavy atom. The molecule has 0 bridgehead atoms. The van der Waals surface area contributed by atoms with Crippen LogP contribution in [-0.4, -0.2) is 32.3 Å². The monoisotopic (exact) mass is 288 g/mol. The first-order valence-electron chi connectivity index (χ1n) is 6.41. The average molecular weight is 288 g/mol. The molecule has 1 rings (SSSR count). The Morgan fingerprint density at radius 1 is 1.47 bits per heavy atom. The standard InChI is InChI=1S/C12H20N2O4S/c1-3-18-11(15)8-19(16,17)14-12(9-13)6-4-10(2)5-7-12/h10,14H,3-8H2,1-2H3. The molecule has 19 heavy (non-hydrogen) atoms. The molecule has 0 aromatic heterocycles. The highest BCUT2D eigenvalue weighted by Crippen LogP contribution is 2.31. The molecule has 6 nitrogen and oxygen atoms in total. The lowest BCUT2D eigenvalue weighted by atomic mass is 9.79. The molecular weight excluding hydrogens is 268 g/mol. The van der Waals surface area contributed by atoms with Crippen molar-refractivity contribution >= 4 is 16.0 Å². The largest absolute Gasteiger partial charge is 0.465 e. The Kier molecular flexibility index (Phi) is 5.32. The van der Waals surface area contributed by atoms with Crippen LogP contribution in [0.25, 0.3) is 0 Å². The number of carbonyl (C=O) groups is 1. The highest BCUT2D eigenvalue weighted by atomic mass is 32.2. The van der Waals surface area contributed by atoms with Gasteiger partial charge in [0.2, 0.25) is 10.0 Å². The fourth-order valence-electron chi connectivity index (χ4n) is 2.18. The summed E-state index contributed by atoms with van der Waals surface area (Å²) in [4.78, 5) is 11.2. The fraction of sp³-hybridized carbons (Fsp3) is 0.833. The second-order valence-electron chi connectivity index (χ2n) is 5.04. The molecule has 0 heterocycles. The van der Waals surface area contributed by atoms with Crippen LogP contribution in [0.15, 0.2) is 0 Å². The predicted molar refractivity (Wildman–Crippen MR) is 69.5 cm³/mol. The van der Waals surface area contributed by atoms with Crippen LogP contribution in [0.1, 0.15) is 39.5 Å². The minimum Gasteiger partial charge on any atom is -0.465 e. The zero-order valence-electron chi connectivity index (χ0n) is 11.3. The van der Waals surface area contributed by atoms with E-state index in [4.69, 9.17) is 0 Å². The molecule has 1 aliphatic rings. The zero-order valence-corrected chi connectivity index (χ0v) is 12.1. The summed E-state index contributed by atoms with van der Waals surface area (Å²) in [5, 5.41) is 9.24. The van der Waals surface area contributed by atoms with Crippen molar-refractivity contribution in [1.82, 2.24) is 4.72 Å². The van der Waals surface area contributed by atoms with Crippen molar-refractivity contribution < 1.29 is 17.9 Å². The van der Waals surface area contributed by atoms with Crippen LogP contribution < -0.4 is 4.72 Å². The van der Waals surface area contributed by atoms with Crippen molar-refractivity contribution in [2.24, 2.45) is 5.92 Å². The van der Waals surface area contributed by atoms with Crippen LogP contribution in [0.3, 0.4) is 0 Å². The van der Waals surface area contributed by atoms with Gasteiger partial charge in [-0.1, -0.05) is 6.92 Å². The van der Waals surface area contributed by atoms with Crippen LogP contribution >= 0.6 is 0 Å². The van der Waals surface area contributed by atoms with E-state index < -0.39 is 27.3 Å². The summed E-state index contributed by atoms with van der Waals surface area (Å²) in [5.74, 6) is -1.04. The summed E-state index contributed by atoms with van der Waals surface area (Å²) in [7, 11) is -3.84. The second kappa shape index (κ2) is 6.35. The first-order chi connectivity index (χ1) is 8.82. The maximum absolute atomic E-state index is 11.9. The molecule has 0 amide bonds. The molecule has 0 aromatic carbocycles. The molecule has 108 valence electrons. The fourth-order valence-corrected chi connectivity index (χ4v) is 3.49. The van der Waals surface area contributed by atoms with Crippen molar-refractivity contribution in [2.45, 2.75) is 45.1 Å². The van der Waals surface area contributed by atoms with Crippen molar-refractivity contribution in [3.63, 3.8) is 0 Å². The molecule has 0 atom stereocenters. The van der Waals surface area contributed by atoms with Gasteiger partial charge in [0.05, 0.1) is 12.7 Å². The number of hydrogen-bond donors (Lipinski definition) is 1. The number of nitriles is 1. The molecule has 0 unspecified atom stereocenters. The normalized spacial score (nSPS) is 27.5. The van der Waals surface area contributed by atoms with Gasteiger partial charge < -0.3 is 4.74 Å². The van der Waals surface area contributed by atoms with Gasteiger partial charge in [-0.05, 0) is 38.5 Å². The van der Waals surface area contributed by atoms with Gasteiger partial charge in [-0.25, -0.2) is 8.42 Å². The number of hydrogen-bond acceptors (Lipinski definition) is 5. The predicted octanol–water partition coefficient (Wildman–Crippen LogP) is 0.941. The minimum atomic E-state index is -3.84. The molecule has 1 saturated carbocycles. The molecule has 1 fully saturated rings. The molecule has 0 saturated heterocycles. The van der Waals surface area contributed by atoms with Crippen molar-refractivity contribution in [3.05, 3.63) is 0 Å². The molecule has 1 N–H and O–H groups in total. The number of ether oxygens (including phenoxy) is 1. The smallest absolute Gasteiger partial charge is 0.322 e. The van der Waals surface area contributed by atoms with Crippen LogP contribution in [0, 0.1) is 17.2 Å². The molecule has 0 radical (unpaired) electrons. The van der Waals surface area contributed by atoms with Gasteiger partial charge in [0.1, 0.15) is 5.54 Å². The highest BCUT2D eigenvalue weighted by Gasteiger charge is 2.38. The Balaban J connectivity index is 2.70. The molecule has 0 aromatic rings. The van der Waals surface area contributed by atoms with E-state index in [9.17, 15) is 18.5 Å². The first-order valence-corrected chi connectivity index (χ1v) is 8.06. The lowest BCUT2D eigenvalue weighted by Crippen LogP contribution is -2.50. The number of carbonyl (C=O) groups excluding carboxylic acids is 1. The molecule has 1 aliphatic carbocycles. The van der Waals surface area contributed by atoms with E-state index in [-0.39, 0.29) is 6.61 Å². The van der Waals surface area contributed by atoms with Gasteiger partial charge in [0, 0.05) is 0 Å². The van der Waals surface area contributed by atoms with Crippen molar-refractivity contribution in [3.8, 4) is 6.07 Å². The van der Waals surface area contributed by atoms with Crippen molar-refractivity contribution in [1.29, 1.82) is 5.26 Å². The Labute approximate surface area is 114 Å². The first kappa shape index (κ1) is 15.9. The average Bonchev–Trinajstić information content (AvgIpc) is 2.31. The number of esters is 1. The van der Waals surface area contributed by atoms with Gasteiger partial charge in [-0.2, -0.15) is 9.98 Å². The number of nitrogens with zero attached hydrogens (tertiary/aromatic N) is 1. The van der Waals surface area contributed by atoms with Crippen molar-refractivity contribution in [2.75, 3.05) is 12.4 Å². The third kappa shape index (κ3) is 4.80. The van der Waals surface area contributed by atoms with Crippen LogP contribution in [0.5, 0.6) is 0 Å². The summed E-state index contributed by atoms with van der Waals surface area (Å²) in [6, 6.07) is 2.06. The van der Waals surface area contributed by atoms with E-state index in [0.29, 0.717) is 18.8 Å². The molecule has 7 heteroatoms. The van der Waals surface area contributed by atoms with Gasteiger partial charge in [-0.3, -0.25) is 4.79 Å². The SMILES string of the molecule is CCOC(=O)CS(=O)(=O)NC1(C#N)CCC(C)CC1. The van der Waals surface area contributed by atoms with Gasteiger partial charge in [-0.15, -0.1) is 0 Å². The lowest BCUT2D eigenvalue weighted by Gasteiger charge is -2.33. The van der Waals surface area contributed by atoms with Crippen LogP contribution in [0.4, 0.5) is 0 Å². The lowest BCUT2D eigenvalue weighted by molar-refractivity contribution is -0.139. The number of rotatable bonds is 5. The van der Waals surface area contributed by atoms with E-state index in [1.807, 2.05) is 0 Å². The van der Waals surface area contributed by atoms with Gasteiger partial charge in [0.25, 0.3) is 0 Å².